The van der Waals surface area contributed by atoms with Crippen LogP contribution in [0.4, 0.5) is 5.69 Å². The Balaban J connectivity index is 0.000000810. The van der Waals surface area contributed by atoms with Crippen LogP contribution in [0.3, 0.4) is 0 Å². The molecule has 1 aromatic rings. The minimum Gasteiger partial charge on any atom is -0.242 e. The Bertz CT molecular complexity index is 190. The predicted molar refractivity (Wildman–Crippen MR) is 41.6 cm³/mol. The first-order valence-electron chi connectivity index (χ1n) is 2.57. The summed E-state index contributed by atoms with van der Waals surface area (Å²) >= 11 is 0. The van der Waals surface area contributed by atoms with Crippen molar-refractivity contribution in [3.63, 3.8) is 0 Å². The molecule has 4 heteroatoms. The van der Waals surface area contributed by atoms with Crippen LogP contribution in [0.15, 0.2) is 35.6 Å². The summed E-state index contributed by atoms with van der Waals surface area (Å²) in [5.41, 5.74) is 2.99. The Morgan fingerprint density at radius 2 is 1.80 bits per heavy atom. The van der Waals surface area contributed by atoms with Gasteiger partial charge in [-0.1, -0.05) is 18.2 Å². The molecule has 0 aromatic heterocycles. The average Bonchev–Trinajstić information content (AvgIpc) is 1.91. The number of nitroso groups, excluding NO2 is 1. The summed E-state index contributed by atoms with van der Waals surface area (Å²) in [6.07, 6.45) is 0. The molecule has 0 atom stereocenters. The van der Waals surface area contributed by atoms with Gasteiger partial charge in [0.05, 0.1) is 11.0 Å². The molecule has 0 saturated heterocycles. The van der Waals surface area contributed by atoms with Crippen molar-refractivity contribution in [2.24, 2.45) is 5.29 Å². The van der Waals surface area contributed by atoms with Gasteiger partial charge in [-0.2, -0.15) is 0 Å². The third-order valence-electron chi connectivity index (χ3n) is 0.949. The van der Waals surface area contributed by atoms with Gasteiger partial charge >= 0.3 is 0 Å². The first-order chi connectivity index (χ1) is 4.43. The van der Waals surface area contributed by atoms with Gasteiger partial charge in [0.1, 0.15) is 0 Å². The van der Waals surface area contributed by atoms with E-state index in [1.54, 1.807) is 12.1 Å². The summed E-state index contributed by atoms with van der Waals surface area (Å²) in [4.78, 5) is 9.61. The molecule has 0 bridgehead atoms. The summed E-state index contributed by atoms with van der Waals surface area (Å²) in [5, 5.41) is 2.51. The zero-order valence-corrected chi connectivity index (χ0v) is 8.87. The second kappa shape index (κ2) is 6.00. The van der Waals surface area contributed by atoms with Crippen molar-refractivity contribution >= 4 is 57.1 Å². The van der Waals surface area contributed by atoms with Crippen LogP contribution in [0, 0.1) is 4.91 Å². The van der Waals surface area contributed by atoms with Crippen molar-refractivity contribution in [2.75, 3.05) is 5.43 Å². The van der Waals surface area contributed by atoms with E-state index in [9.17, 15) is 4.91 Å². The Hall–Kier alpha value is 0.256. The molecule has 0 unspecified atom stereocenters. The number of rotatable bonds is 2. The number of nitrogens with one attached hydrogen (secondary N) is 1. The number of anilines is 1. The van der Waals surface area contributed by atoms with Gasteiger partial charge in [-0.15, -0.1) is 4.91 Å². The van der Waals surface area contributed by atoms with Gasteiger partial charge in [-0.3, -0.25) is 0 Å². The van der Waals surface area contributed by atoms with Crippen molar-refractivity contribution in [3.05, 3.63) is 35.2 Å². The molecule has 1 N–H and O–H groups in total. The third-order valence-corrected chi connectivity index (χ3v) is 0.949. The molecule has 0 saturated carbocycles. The normalized spacial score (nSPS) is 7.60. The van der Waals surface area contributed by atoms with Crippen LogP contribution < -0.4 is 5.43 Å². The van der Waals surface area contributed by atoms with E-state index in [0.29, 0.717) is 5.69 Å². The molecule has 1 rings (SSSR count). The molecule has 47 valence electrons. The van der Waals surface area contributed by atoms with Crippen molar-refractivity contribution in [3.8, 4) is 0 Å². The summed E-state index contributed by atoms with van der Waals surface area (Å²) in [6.45, 7) is 0. The molecular weight excluding hydrogens is 155 g/mol. The van der Waals surface area contributed by atoms with E-state index in [4.69, 9.17) is 0 Å². The predicted octanol–water partition coefficient (Wildman–Crippen LogP) is 1.40. The molecule has 3 nitrogen and oxygen atoms in total. The van der Waals surface area contributed by atoms with Crippen LogP contribution in [0.25, 0.3) is 0 Å². The van der Waals surface area contributed by atoms with E-state index in [1.165, 1.54) is 0 Å². The molecule has 0 aliphatic rings. The summed E-state index contributed by atoms with van der Waals surface area (Å²) < 4.78 is 0. The zero-order valence-electron chi connectivity index (χ0n) is 5.74. The first-order valence-corrected chi connectivity index (χ1v) is 2.57. The molecule has 0 aliphatic heterocycles. The number of nitrogens with zero attached hydrogens (tertiary/aromatic N) is 1. The van der Waals surface area contributed by atoms with Gasteiger partial charge in [-0.25, -0.2) is 5.43 Å². The van der Waals surface area contributed by atoms with Gasteiger partial charge in [0.2, 0.25) is 0 Å². The SMILES string of the molecule is O=NNc1ccccc1.[K]. The van der Waals surface area contributed by atoms with Crippen LogP contribution in [-0.2, 0) is 0 Å². The first kappa shape index (κ1) is 10.3. The summed E-state index contributed by atoms with van der Waals surface area (Å²) in [7, 11) is 0. The fraction of sp³-hybridized carbons (Fsp3) is 0. The Labute approximate surface area is 102 Å². The van der Waals surface area contributed by atoms with Crippen LogP contribution in [-0.4, -0.2) is 51.4 Å². The molecular formula is C6H6KN2O. The van der Waals surface area contributed by atoms with Crippen molar-refractivity contribution in [1.82, 2.24) is 0 Å². The van der Waals surface area contributed by atoms with Gasteiger partial charge in [0, 0.05) is 51.4 Å². The van der Waals surface area contributed by atoms with Crippen molar-refractivity contribution < 1.29 is 0 Å². The maximum Gasteiger partial charge on any atom is 0.0594 e. The minimum absolute atomic E-state index is 0. The monoisotopic (exact) mass is 161 g/mol. The molecule has 1 radical (unpaired) electrons. The maximum absolute atomic E-state index is 9.61. The molecule has 1 aromatic carbocycles. The third kappa shape index (κ3) is 3.43. The van der Waals surface area contributed by atoms with E-state index in [1.807, 2.05) is 18.2 Å². The topological polar surface area (TPSA) is 41.5 Å². The number of para-hydroxylation sites is 1. The molecule has 0 aliphatic carbocycles. The Morgan fingerprint density at radius 3 is 2.30 bits per heavy atom. The van der Waals surface area contributed by atoms with Gasteiger partial charge < -0.3 is 0 Å². The van der Waals surface area contributed by atoms with Crippen molar-refractivity contribution in [2.45, 2.75) is 0 Å². The van der Waals surface area contributed by atoms with E-state index in [-0.39, 0.29) is 51.4 Å². The van der Waals surface area contributed by atoms with Crippen LogP contribution in [0.5, 0.6) is 0 Å². The molecule has 0 spiro atoms. The van der Waals surface area contributed by atoms with E-state index >= 15 is 0 Å². The number of hydrogen-bond acceptors (Lipinski definition) is 2. The van der Waals surface area contributed by atoms with Gasteiger partial charge in [0.15, 0.2) is 0 Å². The quantitative estimate of drug-likeness (QED) is 0.404. The molecule has 0 heterocycles. The van der Waals surface area contributed by atoms with Crippen molar-refractivity contribution in [1.29, 1.82) is 0 Å². The van der Waals surface area contributed by atoms with E-state index in [0.717, 1.165) is 0 Å². The number of benzene rings is 1. The smallest absolute Gasteiger partial charge is 0.0594 e. The Kier molecular flexibility index (Phi) is 6.15. The van der Waals surface area contributed by atoms with Gasteiger partial charge in [-0.05, 0) is 12.1 Å². The van der Waals surface area contributed by atoms with E-state index < -0.39 is 0 Å². The fourth-order valence-corrected chi connectivity index (χ4v) is 0.565. The molecule has 0 amide bonds. The molecule has 10 heavy (non-hydrogen) atoms. The van der Waals surface area contributed by atoms with Crippen LogP contribution >= 0.6 is 0 Å². The maximum atomic E-state index is 9.61. The second-order valence-electron chi connectivity index (χ2n) is 1.57. The summed E-state index contributed by atoms with van der Waals surface area (Å²) in [5.74, 6) is 0. The van der Waals surface area contributed by atoms with Crippen LogP contribution in [0.2, 0.25) is 0 Å². The zero-order chi connectivity index (χ0) is 6.53. The average molecular weight is 161 g/mol. The van der Waals surface area contributed by atoms with E-state index in [2.05, 4.69) is 10.7 Å². The largest absolute Gasteiger partial charge is 0.242 e. The Morgan fingerprint density at radius 1 is 1.20 bits per heavy atom. The minimum atomic E-state index is 0. The number of hydrogen-bond donors (Lipinski definition) is 1. The van der Waals surface area contributed by atoms with Crippen LogP contribution in [0.1, 0.15) is 0 Å². The fourth-order valence-electron chi connectivity index (χ4n) is 0.565. The second-order valence-corrected chi connectivity index (χ2v) is 1.57. The summed E-state index contributed by atoms with van der Waals surface area (Å²) in [6, 6.07) is 9.06. The standard InChI is InChI=1S/C6H6N2O.K/c9-8-7-6-4-2-1-3-5-6;/h1-5H,(H,7,9);. The molecule has 0 fully saturated rings. The van der Waals surface area contributed by atoms with Gasteiger partial charge in [0.25, 0.3) is 0 Å².